The molecule has 1 amide bonds. The Morgan fingerprint density at radius 3 is 2.67 bits per heavy atom. The third-order valence-corrected chi connectivity index (χ3v) is 3.67. The van der Waals surface area contributed by atoms with Crippen molar-refractivity contribution in [1.29, 1.82) is 0 Å². The standard InChI is InChI=1S/C13H14Cl2N4O2/c1-8(19-7-16-6-18-19)13(21)17-5-11(20)12-9(14)3-2-4-10(12)15/h2-4,6-8,11,20H,5H2,1H3,(H,17,21)/t8-,11+/m0/s1. The molecule has 0 unspecified atom stereocenters. The van der Waals surface area contributed by atoms with Crippen LogP contribution in [0.25, 0.3) is 0 Å². The lowest BCUT2D eigenvalue weighted by Crippen LogP contribution is -2.34. The number of aliphatic hydroxyl groups is 1. The van der Waals surface area contributed by atoms with E-state index in [1.165, 1.54) is 17.3 Å². The summed E-state index contributed by atoms with van der Waals surface area (Å²) in [5.74, 6) is -0.289. The second-order valence-corrected chi connectivity index (χ2v) is 5.26. The number of nitrogens with zero attached hydrogens (tertiary/aromatic N) is 3. The van der Waals surface area contributed by atoms with Crippen molar-refractivity contribution in [2.75, 3.05) is 6.54 Å². The zero-order chi connectivity index (χ0) is 15.4. The maximum absolute atomic E-state index is 12.0. The van der Waals surface area contributed by atoms with E-state index in [2.05, 4.69) is 15.4 Å². The zero-order valence-electron chi connectivity index (χ0n) is 11.2. The van der Waals surface area contributed by atoms with Crippen molar-refractivity contribution in [3.05, 3.63) is 46.5 Å². The molecule has 2 rings (SSSR count). The summed E-state index contributed by atoms with van der Waals surface area (Å²) in [5, 5.41) is 17.4. The number of carbonyl (C=O) groups is 1. The number of aliphatic hydroxyl groups excluding tert-OH is 1. The molecule has 21 heavy (non-hydrogen) atoms. The second kappa shape index (κ2) is 6.89. The highest BCUT2D eigenvalue weighted by molar-refractivity contribution is 6.36. The van der Waals surface area contributed by atoms with Crippen molar-refractivity contribution in [1.82, 2.24) is 20.1 Å². The van der Waals surface area contributed by atoms with E-state index in [4.69, 9.17) is 23.2 Å². The van der Waals surface area contributed by atoms with Gasteiger partial charge in [-0.25, -0.2) is 9.67 Å². The van der Waals surface area contributed by atoms with E-state index in [9.17, 15) is 9.90 Å². The normalized spacial score (nSPS) is 13.7. The van der Waals surface area contributed by atoms with E-state index in [0.29, 0.717) is 15.6 Å². The molecular weight excluding hydrogens is 315 g/mol. The van der Waals surface area contributed by atoms with Crippen molar-refractivity contribution in [3.8, 4) is 0 Å². The first-order chi connectivity index (χ1) is 10.0. The van der Waals surface area contributed by atoms with Gasteiger partial charge in [-0.2, -0.15) is 5.10 Å². The summed E-state index contributed by atoms with van der Waals surface area (Å²) in [4.78, 5) is 15.7. The molecule has 2 N–H and O–H groups in total. The molecule has 112 valence electrons. The summed E-state index contributed by atoms with van der Waals surface area (Å²) in [6.45, 7) is 1.68. The average Bonchev–Trinajstić information content (AvgIpc) is 2.97. The number of aromatic nitrogens is 3. The van der Waals surface area contributed by atoms with Gasteiger partial charge in [-0.15, -0.1) is 0 Å². The van der Waals surface area contributed by atoms with E-state index in [1.807, 2.05) is 0 Å². The first-order valence-electron chi connectivity index (χ1n) is 6.24. The van der Waals surface area contributed by atoms with Crippen LogP contribution in [0.1, 0.15) is 24.6 Å². The van der Waals surface area contributed by atoms with Crippen molar-refractivity contribution in [3.63, 3.8) is 0 Å². The van der Waals surface area contributed by atoms with Gasteiger partial charge in [0.15, 0.2) is 0 Å². The van der Waals surface area contributed by atoms with Gasteiger partial charge >= 0.3 is 0 Å². The molecule has 0 bridgehead atoms. The van der Waals surface area contributed by atoms with Crippen LogP contribution in [0.5, 0.6) is 0 Å². The fourth-order valence-electron chi connectivity index (χ4n) is 1.81. The molecule has 0 fully saturated rings. The van der Waals surface area contributed by atoms with Crippen molar-refractivity contribution < 1.29 is 9.90 Å². The lowest BCUT2D eigenvalue weighted by atomic mass is 10.1. The molecule has 2 atom stereocenters. The fraction of sp³-hybridized carbons (Fsp3) is 0.308. The van der Waals surface area contributed by atoms with Crippen LogP contribution >= 0.6 is 23.2 Å². The number of hydrogen-bond donors (Lipinski definition) is 2. The summed E-state index contributed by atoms with van der Waals surface area (Å²) in [5.41, 5.74) is 0.398. The third-order valence-electron chi connectivity index (χ3n) is 3.02. The van der Waals surface area contributed by atoms with Gasteiger partial charge in [0.05, 0.1) is 6.10 Å². The van der Waals surface area contributed by atoms with Crippen LogP contribution in [0.4, 0.5) is 0 Å². The highest BCUT2D eigenvalue weighted by Gasteiger charge is 2.19. The molecule has 1 aromatic carbocycles. The summed E-state index contributed by atoms with van der Waals surface area (Å²) in [6, 6.07) is 4.42. The summed E-state index contributed by atoms with van der Waals surface area (Å²) in [7, 11) is 0. The maximum Gasteiger partial charge on any atom is 0.244 e. The highest BCUT2D eigenvalue weighted by Crippen LogP contribution is 2.29. The Hall–Kier alpha value is -1.63. The Bertz CT molecular complexity index is 598. The van der Waals surface area contributed by atoms with E-state index < -0.39 is 12.1 Å². The number of nitrogens with one attached hydrogen (secondary N) is 1. The molecule has 0 radical (unpaired) electrons. The number of hydrogen-bond acceptors (Lipinski definition) is 4. The molecule has 0 aliphatic carbocycles. The van der Waals surface area contributed by atoms with E-state index in [-0.39, 0.29) is 12.5 Å². The molecular formula is C13H14Cl2N4O2. The fourth-order valence-corrected chi connectivity index (χ4v) is 2.46. The van der Waals surface area contributed by atoms with Crippen LogP contribution in [0.15, 0.2) is 30.9 Å². The number of benzene rings is 1. The Morgan fingerprint density at radius 1 is 1.43 bits per heavy atom. The Balaban J connectivity index is 1.98. The Morgan fingerprint density at radius 2 is 2.10 bits per heavy atom. The van der Waals surface area contributed by atoms with Crippen molar-refractivity contribution in [2.45, 2.75) is 19.1 Å². The summed E-state index contributed by atoms with van der Waals surface area (Å²) in [6.07, 6.45) is 1.81. The lowest BCUT2D eigenvalue weighted by molar-refractivity contribution is -0.124. The van der Waals surface area contributed by atoms with Crippen LogP contribution in [0.3, 0.4) is 0 Å². The molecule has 0 aliphatic heterocycles. The summed E-state index contributed by atoms with van der Waals surface area (Å²) >= 11 is 12.0. The number of amides is 1. The third kappa shape index (κ3) is 3.72. The quantitative estimate of drug-likeness (QED) is 0.879. The first kappa shape index (κ1) is 15.8. The van der Waals surface area contributed by atoms with Gasteiger partial charge in [-0.1, -0.05) is 29.3 Å². The highest BCUT2D eigenvalue weighted by atomic mass is 35.5. The van der Waals surface area contributed by atoms with Crippen molar-refractivity contribution in [2.24, 2.45) is 0 Å². The van der Waals surface area contributed by atoms with Gasteiger partial charge in [0.1, 0.15) is 18.7 Å². The van der Waals surface area contributed by atoms with Gasteiger partial charge in [0, 0.05) is 22.2 Å². The molecule has 0 aliphatic rings. The van der Waals surface area contributed by atoms with Gasteiger partial charge in [-0.3, -0.25) is 4.79 Å². The number of rotatable bonds is 5. The smallest absolute Gasteiger partial charge is 0.244 e. The molecule has 0 saturated heterocycles. The molecule has 8 heteroatoms. The lowest BCUT2D eigenvalue weighted by Gasteiger charge is -2.17. The van der Waals surface area contributed by atoms with Crippen LogP contribution in [-0.2, 0) is 4.79 Å². The minimum absolute atomic E-state index is 0.00131. The van der Waals surface area contributed by atoms with Gasteiger partial charge < -0.3 is 10.4 Å². The second-order valence-electron chi connectivity index (χ2n) is 4.45. The molecule has 6 nitrogen and oxygen atoms in total. The Kier molecular flexibility index (Phi) is 5.17. The first-order valence-corrected chi connectivity index (χ1v) is 7.00. The molecule has 1 aromatic heterocycles. The predicted octanol–water partition coefficient (Wildman–Crippen LogP) is 2.00. The predicted molar refractivity (Wildman–Crippen MR) is 79.2 cm³/mol. The van der Waals surface area contributed by atoms with Crippen LogP contribution in [0.2, 0.25) is 10.0 Å². The zero-order valence-corrected chi connectivity index (χ0v) is 12.7. The van der Waals surface area contributed by atoms with Gasteiger partial charge in [0.2, 0.25) is 5.91 Å². The van der Waals surface area contributed by atoms with Crippen molar-refractivity contribution >= 4 is 29.1 Å². The monoisotopic (exact) mass is 328 g/mol. The van der Waals surface area contributed by atoms with Gasteiger partial charge in [-0.05, 0) is 19.1 Å². The largest absolute Gasteiger partial charge is 0.386 e. The number of carbonyl (C=O) groups excluding carboxylic acids is 1. The van der Waals surface area contributed by atoms with Crippen LogP contribution in [0, 0.1) is 0 Å². The molecule has 0 spiro atoms. The molecule has 0 saturated carbocycles. The molecule has 2 aromatic rings. The Labute approximate surface area is 131 Å². The van der Waals surface area contributed by atoms with E-state index >= 15 is 0 Å². The van der Waals surface area contributed by atoms with E-state index in [0.717, 1.165) is 0 Å². The SMILES string of the molecule is C[C@@H](C(=O)NC[C@@H](O)c1c(Cl)cccc1Cl)n1cncn1. The van der Waals surface area contributed by atoms with Gasteiger partial charge in [0.25, 0.3) is 0 Å². The van der Waals surface area contributed by atoms with Crippen LogP contribution in [-0.4, -0.2) is 32.3 Å². The maximum atomic E-state index is 12.0. The minimum atomic E-state index is -0.988. The average molecular weight is 329 g/mol. The summed E-state index contributed by atoms with van der Waals surface area (Å²) < 4.78 is 1.42. The van der Waals surface area contributed by atoms with E-state index in [1.54, 1.807) is 25.1 Å². The topological polar surface area (TPSA) is 80.0 Å². The molecule has 1 heterocycles. The number of halogens is 2. The minimum Gasteiger partial charge on any atom is -0.386 e. The van der Waals surface area contributed by atoms with Crippen LogP contribution < -0.4 is 5.32 Å².